The van der Waals surface area contributed by atoms with Crippen molar-refractivity contribution in [2.24, 2.45) is 5.92 Å². The smallest absolute Gasteiger partial charge is 0.0615 e. The summed E-state index contributed by atoms with van der Waals surface area (Å²) in [6.45, 7) is 3.51. The van der Waals surface area contributed by atoms with Crippen LogP contribution in [-0.2, 0) is 11.2 Å². The van der Waals surface area contributed by atoms with E-state index in [1.54, 1.807) is 0 Å². The zero-order chi connectivity index (χ0) is 10.7. The van der Waals surface area contributed by atoms with Crippen LogP contribution in [0.15, 0.2) is 24.3 Å². The zero-order valence-corrected chi connectivity index (χ0v) is 9.15. The van der Waals surface area contributed by atoms with E-state index in [1.807, 2.05) is 6.07 Å². The standard InChI is InChI=1S/C13H18O2/c1-10-4-2-3-5-11(10)8-12-9-15-7-6-13(12)14/h2-5,12-14H,6-9H2,1H3/t12-,13-/m1/s1. The molecule has 0 saturated carbocycles. The van der Waals surface area contributed by atoms with Crippen molar-refractivity contribution in [2.45, 2.75) is 25.9 Å². The maximum atomic E-state index is 9.84. The van der Waals surface area contributed by atoms with E-state index in [-0.39, 0.29) is 12.0 Å². The molecule has 1 heterocycles. The van der Waals surface area contributed by atoms with Gasteiger partial charge in [0.1, 0.15) is 0 Å². The minimum Gasteiger partial charge on any atom is -0.393 e. The highest BCUT2D eigenvalue weighted by atomic mass is 16.5. The van der Waals surface area contributed by atoms with Crippen LogP contribution in [0.4, 0.5) is 0 Å². The Morgan fingerprint density at radius 2 is 2.20 bits per heavy atom. The molecule has 2 atom stereocenters. The minimum absolute atomic E-state index is 0.196. The summed E-state index contributed by atoms with van der Waals surface area (Å²) in [5.41, 5.74) is 2.63. The third-order valence-electron chi connectivity index (χ3n) is 3.18. The summed E-state index contributed by atoms with van der Waals surface area (Å²) in [6, 6.07) is 8.35. The Balaban J connectivity index is 2.04. The average molecular weight is 206 g/mol. The van der Waals surface area contributed by atoms with Gasteiger partial charge < -0.3 is 9.84 Å². The highest BCUT2D eigenvalue weighted by Gasteiger charge is 2.24. The van der Waals surface area contributed by atoms with Crippen LogP contribution in [0.5, 0.6) is 0 Å². The van der Waals surface area contributed by atoms with E-state index in [2.05, 4.69) is 25.1 Å². The predicted octanol–water partition coefficient (Wildman–Crippen LogP) is 1.93. The topological polar surface area (TPSA) is 29.5 Å². The van der Waals surface area contributed by atoms with Crippen LogP contribution in [0, 0.1) is 12.8 Å². The van der Waals surface area contributed by atoms with Gasteiger partial charge in [-0.05, 0) is 30.9 Å². The number of hydrogen-bond donors (Lipinski definition) is 1. The van der Waals surface area contributed by atoms with E-state index in [0.29, 0.717) is 13.2 Å². The van der Waals surface area contributed by atoms with Gasteiger partial charge >= 0.3 is 0 Å². The Labute approximate surface area is 90.9 Å². The molecule has 0 spiro atoms. The first-order valence-corrected chi connectivity index (χ1v) is 5.57. The highest BCUT2D eigenvalue weighted by molar-refractivity contribution is 5.26. The van der Waals surface area contributed by atoms with Gasteiger partial charge in [-0.25, -0.2) is 0 Å². The van der Waals surface area contributed by atoms with Crippen LogP contribution in [0.1, 0.15) is 17.5 Å². The Morgan fingerprint density at radius 3 is 2.93 bits per heavy atom. The zero-order valence-electron chi connectivity index (χ0n) is 9.15. The lowest BCUT2D eigenvalue weighted by Crippen LogP contribution is -2.33. The van der Waals surface area contributed by atoms with Crippen LogP contribution in [0.25, 0.3) is 0 Å². The molecule has 1 aromatic rings. The van der Waals surface area contributed by atoms with Gasteiger partial charge in [0.25, 0.3) is 0 Å². The second-order valence-electron chi connectivity index (χ2n) is 4.32. The van der Waals surface area contributed by atoms with Gasteiger partial charge in [0.2, 0.25) is 0 Å². The summed E-state index contributed by atoms with van der Waals surface area (Å²) in [5, 5.41) is 9.84. The molecule has 1 saturated heterocycles. The van der Waals surface area contributed by atoms with E-state index >= 15 is 0 Å². The lowest BCUT2D eigenvalue weighted by atomic mass is 9.90. The van der Waals surface area contributed by atoms with Crippen LogP contribution in [-0.4, -0.2) is 24.4 Å². The van der Waals surface area contributed by atoms with Crippen LogP contribution in [0.2, 0.25) is 0 Å². The Morgan fingerprint density at radius 1 is 1.40 bits per heavy atom. The average Bonchev–Trinajstić information content (AvgIpc) is 2.24. The van der Waals surface area contributed by atoms with Crippen molar-refractivity contribution in [3.8, 4) is 0 Å². The maximum Gasteiger partial charge on any atom is 0.0615 e. The van der Waals surface area contributed by atoms with Crippen LogP contribution in [0.3, 0.4) is 0 Å². The second-order valence-corrected chi connectivity index (χ2v) is 4.32. The molecule has 2 rings (SSSR count). The molecule has 0 aromatic heterocycles. The van der Waals surface area contributed by atoms with Crippen molar-refractivity contribution >= 4 is 0 Å². The molecule has 2 heteroatoms. The monoisotopic (exact) mass is 206 g/mol. The van der Waals surface area contributed by atoms with Crippen molar-refractivity contribution in [2.75, 3.05) is 13.2 Å². The number of ether oxygens (including phenoxy) is 1. The number of aliphatic hydroxyl groups is 1. The fraction of sp³-hybridized carbons (Fsp3) is 0.538. The van der Waals surface area contributed by atoms with Gasteiger partial charge in [0, 0.05) is 12.5 Å². The minimum atomic E-state index is -0.196. The summed E-state index contributed by atoms with van der Waals surface area (Å²) in [4.78, 5) is 0. The second kappa shape index (κ2) is 4.77. The summed E-state index contributed by atoms with van der Waals surface area (Å²) in [7, 11) is 0. The third-order valence-corrected chi connectivity index (χ3v) is 3.18. The molecule has 0 bridgehead atoms. The van der Waals surface area contributed by atoms with Crippen LogP contribution >= 0.6 is 0 Å². The lowest BCUT2D eigenvalue weighted by molar-refractivity contribution is -0.0351. The molecule has 82 valence electrons. The molecule has 0 unspecified atom stereocenters. The highest BCUT2D eigenvalue weighted by Crippen LogP contribution is 2.21. The molecule has 15 heavy (non-hydrogen) atoms. The Bertz CT molecular complexity index is 322. The van der Waals surface area contributed by atoms with E-state index in [9.17, 15) is 5.11 Å². The summed E-state index contributed by atoms with van der Waals surface area (Å²) >= 11 is 0. The van der Waals surface area contributed by atoms with Crippen molar-refractivity contribution < 1.29 is 9.84 Å². The van der Waals surface area contributed by atoms with Gasteiger partial charge in [-0.1, -0.05) is 24.3 Å². The summed E-state index contributed by atoms with van der Waals surface area (Å²) in [5.74, 6) is 0.264. The third kappa shape index (κ3) is 2.58. The molecule has 1 aromatic carbocycles. The number of aryl methyl sites for hydroxylation is 1. The SMILES string of the molecule is Cc1ccccc1C[C@@H]1COCC[C@H]1O. The molecule has 1 aliphatic rings. The van der Waals surface area contributed by atoms with E-state index in [0.717, 1.165) is 12.8 Å². The molecule has 0 amide bonds. The number of benzene rings is 1. The van der Waals surface area contributed by atoms with Gasteiger partial charge in [-0.3, -0.25) is 0 Å². The largest absolute Gasteiger partial charge is 0.393 e. The molecule has 1 aliphatic heterocycles. The van der Waals surface area contributed by atoms with E-state index in [1.165, 1.54) is 11.1 Å². The van der Waals surface area contributed by atoms with E-state index in [4.69, 9.17) is 4.74 Å². The summed E-state index contributed by atoms with van der Waals surface area (Å²) in [6.07, 6.45) is 1.50. The van der Waals surface area contributed by atoms with Gasteiger partial charge in [0.05, 0.1) is 12.7 Å². The van der Waals surface area contributed by atoms with Crippen LogP contribution < -0.4 is 0 Å². The molecule has 0 aliphatic carbocycles. The summed E-state index contributed by atoms with van der Waals surface area (Å²) < 4.78 is 5.40. The lowest BCUT2D eigenvalue weighted by Gasteiger charge is -2.28. The fourth-order valence-corrected chi connectivity index (χ4v) is 2.10. The first-order valence-electron chi connectivity index (χ1n) is 5.57. The van der Waals surface area contributed by atoms with Gasteiger partial charge in [-0.15, -0.1) is 0 Å². The van der Waals surface area contributed by atoms with Crippen molar-refractivity contribution in [3.05, 3.63) is 35.4 Å². The molecule has 1 fully saturated rings. The maximum absolute atomic E-state index is 9.84. The fourth-order valence-electron chi connectivity index (χ4n) is 2.10. The van der Waals surface area contributed by atoms with E-state index < -0.39 is 0 Å². The first kappa shape index (κ1) is 10.7. The molecule has 0 radical (unpaired) electrons. The van der Waals surface area contributed by atoms with Crippen molar-refractivity contribution in [1.29, 1.82) is 0 Å². The number of rotatable bonds is 2. The Hall–Kier alpha value is -0.860. The predicted molar refractivity (Wildman–Crippen MR) is 59.8 cm³/mol. The molecular weight excluding hydrogens is 188 g/mol. The van der Waals surface area contributed by atoms with Crippen molar-refractivity contribution in [1.82, 2.24) is 0 Å². The molecule has 1 N–H and O–H groups in total. The normalized spacial score (nSPS) is 26.5. The first-order chi connectivity index (χ1) is 7.27. The molecule has 2 nitrogen and oxygen atoms in total. The quantitative estimate of drug-likeness (QED) is 0.801. The molecular formula is C13H18O2. The number of aliphatic hydroxyl groups excluding tert-OH is 1. The van der Waals surface area contributed by atoms with Crippen molar-refractivity contribution in [3.63, 3.8) is 0 Å². The van der Waals surface area contributed by atoms with Gasteiger partial charge in [-0.2, -0.15) is 0 Å². The Kier molecular flexibility index (Phi) is 3.39. The number of hydrogen-bond acceptors (Lipinski definition) is 2. The van der Waals surface area contributed by atoms with Gasteiger partial charge in [0.15, 0.2) is 0 Å².